The van der Waals surface area contributed by atoms with E-state index in [2.05, 4.69) is 43.3 Å². The normalized spacial score (nSPS) is 13.4. The van der Waals surface area contributed by atoms with Crippen molar-refractivity contribution >= 4 is 23.4 Å². The fourth-order valence-electron chi connectivity index (χ4n) is 3.12. The van der Waals surface area contributed by atoms with Crippen molar-refractivity contribution in [1.82, 2.24) is 4.98 Å². The Morgan fingerprint density at radius 2 is 1.72 bits per heavy atom. The molecule has 1 amide bonds. The second-order valence-electron chi connectivity index (χ2n) is 8.10. The van der Waals surface area contributed by atoms with E-state index in [0.29, 0.717) is 11.6 Å². The summed E-state index contributed by atoms with van der Waals surface area (Å²) in [5.41, 5.74) is 3.28. The van der Waals surface area contributed by atoms with Crippen LogP contribution >= 0.6 is 0 Å². The quantitative estimate of drug-likeness (QED) is 0.634. The Balaban J connectivity index is 1.60. The molecule has 0 unspecified atom stereocenters. The lowest BCUT2D eigenvalue weighted by Gasteiger charge is -2.20. The zero-order valence-corrected chi connectivity index (χ0v) is 17.5. The summed E-state index contributed by atoms with van der Waals surface area (Å²) in [6.07, 6.45) is 3.77. The molecule has 3 rings (SSSR count). The van der Waals surface area contributed by atoms with E-state index < -0.39 is 5.97 Å². The van der Waals surface area contributed by atoms with Crippen LogP contribution < -0.4 is 10.6 Å². The molecule has 154 valence electrons. The number of para-hydroxylation sites is 1. The molecule has 0 saturated heterocycles. The van der Waals surface area contributed by atoms with Gasteiger partial charge in [0.25, 0.3) is 5.91 Å². The smallest absolute Gasteiger partial charge is 0.340 e. The van der Waals surface area contributed by atoms with Gasteiger partial charge in [-0.25, -0.2) is 9.78 Å². The number of aromatic nitrogens is 1. The van der Waals surface area contributed by atoms with Gasteiger partial charge in [-0.3, -0.25) is 4.79 Å². The van der Waals surface area contributed by atoms with E-state index >= 15 is 0 Å². The highest BCUT2D eigenvalue weighted by Gasteiger charge is 2.21. The van der Waals surface area contributed by atoms with E-state index in [-0.39, 0.29) is 24.3 Å². The van der Waals surface area contributed by atoms with Gasteiger partial charge in [0, 0.05) is 17.9 Å². The molecule has 1 heterocycles. The van der Waals surface area contributed by atoms with Gasteiger partial charge in [0.05, 0.1) is 5.56 Å². The first-order chi connectivity index (χ1) is 13.8. The van der Waals surface area contributed by atoms with Gasteiger partial charge in [0.15, 0.2) is 6.61 Å². The summed E-state index contributed by atoms with van der Waals surface area (Å²) in [6.45, 7) is 8.01. The fraction of sp³-hybridized carbons (Fsp3) is 0.435. The highest BCUT2D eigenvalue weighted by Crippen LogP contribution is 2.32. The third kappa shape index (κ3) is 5.56. The van der Waals surface area contributed by atoms with E-state index in [0.717, 1.165) is 35.5 Å². The molecule has 2 N–H and O–H groups in total. The van der Waals surface area contributed by atoms with Gasteiger partial charge < -0.3 is 15.4 Å². The third-order valence-corrected chi connectivity index (χ3v) is 4.90. The highest BCUT2D eigenvalue weighted by atomic mass is 16.5. The van der Waals surface area contributed by atoms with Gasteiger partial charge >= 0.3 is 5.97 Å². The summed E-state index contributed by atoms with van der Waals surface area (Å²) in [4.78, 5) is 28.9. The summed E-state index contributed by atoms with van der Waals surface area (Å²) in [6, 6.07) is 9.94. The second-order valence-corrected chi connectivity index (χ2v) is 8.10. The van der Waals surface area contributed by atoms with E-state index in [1.54, 1.807) is 12.1 Å². The third-order valence-electron chi connectivity index (χ3n) is 4.90. The largest absolute Gasteiger partial charge is 0.452 e. The summed E-state index contributed by atoms with van der Waals surface area (Å²) >= 11 is 0. The Bertz CT molecular complexity index is 845. The molecule has 6 heteroatoms. The van der Waals surface area contributed by atoms with Crippen LogP contribution in [0.3, 0.4) is 0 Å². The van der Waals surface area contributed by atoms with Gasteiger partial charge in [-0.1, -0.05) is 45.9 Å². The SMILES string of the molecule is CC(C)c1cccc(C(C)C)c1NC(=O)COC(=O)c1ccc(NC2CC2)nc1. The number of hydrogen-bond acceptors (Lipinski definition) is 5. The van der Waals surface area contributed by atoms with E-state index in [9.17, 15) is 9.59 Å². The maximum atomic E-state index is 12.5. The molecular formula is C23H29N3O3. The minimum Gasteiger partial charge on any atom is -0.452 e. The lowest BCUT2D eigenvalue weighted by atomic mass is 9.92. The number of amides is 1. The van der Waals surface area contributed by atoms with Gasteiger partial charge in [-0.2, -0.15) is 0 Å². The van der Waals surface area contributed by atoms with Crippen molar-refractivity contribution in [1.29, 1.82) is 0 Å². The number of pyridine rings is 1. The number of nitrogens with zero attached hydrogens (tertiary/aromatic N) is 1. The number of ether oxygens (including phenoxy) is 1. The summed E-state index contributed by atoms with van der Waals surface area (Å²) in [5, 5.41) is 6.21. The van der Waals surface area contributed by atoms with E-state index in [4.69, 9.17) is 4.74 Å². The van der Waals surface area contributed by atoms with Gasteiger partial charge in [-0.05, 0) is 47.9 Å². The number of carbonyl (C=O) groups excluding carboxylic acids is 2. The first-order valence-electron chi connectivity index (χ1n) is 10.2. The molecule has 0 spiro atoms. The minimum atomic E-state index is -0.563. The molecule has 1 aliphatic carbocycles. The van der Waals surface area contributed by atoms with Crippen molar-refractivity contribution in [2.24, 2.45) is 0 Å². The molecule has 1 fully saturated rings. The number of carbonyl (C=O) groups is 2. The molecule has 1 aromatic heterocycles. The fourth-order valence-corrected chi connectivity index (χ4v) is 3.12. The van der Waals surface area contributed by atoms with Crippen LogP contribution in [0.2, 0.25) is 0 Å². The number of nitrogens with one attached hydrogen (secondary N) is 2. The van der Waals surface area contributed by atoms with E-state index in [1.165, 1.54) is 6.20 Å². The average molecular weight is 396 g/mol. The van der Waals surface area contributed by atoms with Crippen LogP contribution in [0.4, 0.5) is 11.5 Å². The molecule has 0 bridgehead atoms. The predicted molar refractivity (Wildman–Crippen MR) is 114 cm³/mol. The maximum Gasteiger partial charge on any atom is 0.340 e. The van der Waals surface area contributed by atoms with Crippen LogP contribution in [0, 0.1) is 0 Å². The van der Waals surface area contributed by atoms with Crippen molar-refractivity contribution in [3.05, 3.63) is 53.2 Å². The first-order valence-corrected chi connectivity index (χ1v) is 10.2. The van der Waals surface area contributed by atoms with Crippen LogP contribution in [-0.4, -0.2) is 29.5 Å². The van der Waals surface area contributed by atoms with Crippen LogP contribution in [0.15, 0.2) is 36.5 Å². The summed E-state index contributed by atoms with van der Waals surface area (Å²) in [7, 11) is 0. The van der Waals surface area contributed by atoms with Gasteiger partial charge in [0.2, 0.25) is 0 Å². The average Bonchev–Trinajstić information content (AvgIpc) is 3.50. The molecule has 29 heavy (non-hydrogen) atoms. The monoisotopic (exact) mass is 395 g/mol. The van der Waals surface area contributed by atoms with Crippen molar-refractivity contribution in [2.75, 3.05) is 17.2 Å². The molecule has 1 saturated carbocycles. The number of benzene rings is 1. The van der Waals surface area contributed by atoms with Crippen molar-refractivity contribution in [2.45, 2.75) is 58.4 Å². The van der Waals surface area contributed by atoms with Crippen LogP contribution in [0.5, 0.6) is 0 Å². The predicted octanol–water partition coefficient (Wildman–Crippen LogP) is 4.70. The molecule has 2 aromatic rings. The van der Waals surface area contributed by atoms with Crippen molar-refractivity contribution < 1.29 is 14.3 Å². The minimum absolute atomic E-state index is 0.264. The Labute approximate surface area is 172 Å². The Morgan fingerprint density at radius 1 is 1.07 bits per heavy atom. The Morgan fingerprint density at radius 3 is 2.24 bits per heavy atom. The summed E-state index contributed by atoms with van der Waals surface area (Å²) < 4.78 is 5.18. The molecule has 6 nitrogen and oxygen atoms in total. The molecule has 1 aromatic carbocycles. The van der Waals surface area contributed by atoms with E-state index in [1.807, 2.05) is 18.2 Å². The topological polar surface area (TPSA) is 80.3 Å². The summed E-state index contributed by atoms with van der Waals surface area (Å²) in [5.74, 6) is 0.356. The molecule has 0 aliphatic heterocycles. The maximum absolute atomic E-state index is 12.5. The van der Waals surface area contributed by atoms with Crippen molar-refractivity contribution in [3.8, 4) is 0 Å². The van der Waals surface area contributed by atoms with Crippen LogP contribution in [0.25, 0.3) is 0 Å². The molecular weight excluding hydrogens is 366 g/mol. The zero-order valence-electron chi connectivity index (χ0n) is 17.5. The van der Waals surface area contributed by atoms with Crippen LogP contribution in [0.1, 0.15) is 73.9 Å². The molecule has 0 atom stereocenters. The highest BCUT2D eigenvalue weighted by molar-refractivity contribution is 5.96. The Kier molecular flexibility index (Phi) is 6.52. The van der Waals surface area contributed by atoms with Gasteiger partial charge in [-0.15, -0.1) is 0 Å². The Hall–Kier alpha value is -2.89. The zero-order chi connectivity index (χ0) is 21.0. The van der Waals surface area contributed by atoms with Crippen molar-refractivity contribution in [3.63, 3.8) is 0 Å². The molecule has 0 radical (unpaired) electrons. The first kappa shape index (κ1) is 20.8. The number of rotatable bonds is 8. The standard InChI is InChI=1S/C23H29N3O3/c1-14(2)18-6-5-7-19(15(3)4)22(18)26-21(27)13-29-23(28)16-8-11-20(24-12-16)25-17-9-10-17/h5-8,11-12,14-15,17H,9-10,13H2,1-4H3,(H,24,25)(H,26,27). The number of hydrogen-bond donors (Lipinski definition) is 2. The van der Waals surface area contributed by atoms with Gasteiger partial charge in [0.1, 0.15) is 5.82 Å². The number of esters is 1. The molecule has 1 aliphatic rings. The lowest BCUT2D eigenvalue weighted by Crippen LogP contribution is -2.22. The van der Waals surface area contributed by atoms with Crippen LogP contribution in [-0.2, 0) is 9.53 Å². The second kappa shape index (κ2) is 9.07. The lowest BCUT2D eigenvalue weighted by molar-refractivity contribution is -0.119. The number of anilines is 2.